The first-order valence-electron chi connectivity index (χ1n) is 5.05. The zero-order valence-corrected chi connectivity index (χ0v) is 9.42. The quantitative estimate of drug-likeness (QED) is 0.717. The molecule has 0 aliphatic carbocycles. The number of aryl methyl sites for hydroxylation is 1. The van der Waals surface area contributed by atoms with Crippen LogP contribution in [0.15, 0.2) is 0 Å². The molecule has 0 saturated carbocycles. The lowest BCUT2D eigenvalue weighted by molar-refractivity contribution is 0.0846. The lowest BCUT2D eigenvalue weighted by atomic mass is 10.1. The second kappa shape index (κ2) is 5.77. The Hall–Kier alpha value is -1.01. The fourth-order valence-corrected chi connectivity index (χ4v) is 1.26. The van der Waals surface area contributed by atoms with Crippen molar-refractivity contribution < 1.29 is 9.84 Å². The lowest BCUT2D eigenvalue weighted by Gasteiger charge is -2.12. The first-order valence-corrected chi connectivity index (χ1v) is 5.05. The van der Waals surface area contributed by atoms with Crippen molar-refractivity contribution in [2.45, 2.75) is 38.4 Å². The average Bonchev–Trinajstić information content (AvgIpc) is 2.60. The molecule has 1 N–H and O–H groups in total. The summed E-state index contributed by atoms with van der Waals surface area (Å²) in [7, 11) is 3.37. The molecule has 86 valence electrons. The van der Waals surface area contributed by atoms with Crippen molar-refractivity contribution in [3.05, 3.63) is 5.82 Å². The third-order valence-electron chi connectivity index (χ3n) is 2.28. The molecule has 0 aromatic carbocycles. The summed E-state index contributed by atoms with van der Waals surface area (Å²) in [6, 6.07) is 0. The topological polar surface area (TPSA) is 73.1 Å². The number of hydrogen-bond acceptors (Lipinski definition) is 5. The number of ether oxygens (including phenoxy) is 1. The highest BCUT2D eigenvalue weighted by Crippen LogP contribution is 2.06. The van der Waals surface area contributed by atoms with E-state index in [0.717, 1.165) is 6.42 Å². The van der Waals surface area contributed by atoms with Crippen LogP contribution in [0.4, 0.5) is 0 Å². The Balaban J connectivity index is 2.27. The first-order chi connectivity index (χ1) is 7.11. The van der Waals surface area contributed by atoms with Crippen LogP contribution >= 0.6 is 0 Å². The summed E-state index contributed by atoms with van der Waals surface area (Å²) in [5.74, 6) is 0.579. The molecule has 0 bridgehead atoms. The highest BCUT2D eigenvalue weighted by molar-refractivity contribution is 4.80. The fourth-order valence-electron chi connectivity index (χ4n) is 1.26. The number of aromatic nitrogens is 4. The molecule has 0 fully saturated rings. The molecule has 2 unspecified atom stereocenters. The molecule has 0 radical (unpaired) electrons. The van der Waals surface area contributed by atoms with E-state index in [0.29, 0.717) is 18.7 Å². The number of nitrogens with zero attached hydrogens (tertiary/aromatic N) is 4. The van der Waals surface area contributed by atoms with Crippen LogP contribution < -0.4 is 0 Å². The average molecular weight is 214 g/mol. The van der Waals surface area contributed by atoms with Gasteiger partial charge in [0.25, 0.3) is 0 Å². The molecule has 6 nitrogen and oxygen atoms in total. The van der Waals surface area contributed by atoms with Crippen molar-refractivity contribution in [3.8, 4) is 0 Å². The Labute approximate surface area is 89.2 Å². The molecule has 1 aromatic heterocycles. The van der Waals surface area contributed by atoms with Gasteiger partial charge in [0.1, 0.15) is 0 Å². The number of methoxy groups -OCH3 is 1. The standard InChI is InChI=1S/C9H18N4O2/c1-7(15-3)4-5-8(14)6-9-10-12-13(2)11-9/h7-8,14H,4-6H2,1-3H3. The second-order valence-corrected chi connectivity index (χ2v) is 3.68. The van der Waals surface area contributed by atoms with Crippen molar-refractivity contribution in [1.29, 1.82) is 0 Å². The zero-order valence-electron chi connectivity index (χ0n) is 9.42. The van der Waals surface area contributed by atoms with E-state index in [-0.39, 0.29) is 6.10 Å². The minimum Gasteiger partial charge on any atom is -0.393 e. The minimum atomic E-state index is -0.424. The molecule has 15 heavy (non-hydrogen) atoms. The summed E-state index contributed by atoms with van der Waals surface area (Å²) in [6.07, 6.45) is 1.72. The van der Waals surface area contributed by atoms with E-state index in [4.69, 9.17) is 4.74 Å². The van der Waals surface area contributed by atoms with Gasteiger partial charge in [-0.1, -0.05) is 0 Å². The van der Waals surface area contributed by atoms with E-state index in [1.807, 2.05) is 6.92 Å². The molecule has 1 rings (SSSR count). The summed E-state index contributed by atoms with van der Waals surface area (Å²) in [5, 5.41) is 21.2. The maximum absolute atomic E-state index is 9.68. The first kappa shape index (κ1) is 12.1. The van der Waals surface area contributed by atoms with Gasteiger partial charge in [-0.2, -0.15) is 4.80 Å². The summed E-state index contributed by atoms with van der Waals surface area (Å²) < 4.78 is 5.10. The van der Waals surface area contributed by atoms with E-state index >= 15 is 0 Å². The van der Waals surface area contributed by atoms with E-state index < -0.39 is 6.10 Å². The zero-order chi connectivity index (χ0) is 11.3. The number of rotatable bonds is 6. The SMILES string of the molecule is COC(C)CCC(O)Cc1nnn(C)n1. The van der Waals surface area contributed by atoms with Crippen molar-refractivity contribution in [2.75, 3.05) is 7.11 Å². The van der Waals surface area contributed by atoms with Gasteiger partial charge in [-0.25, -0.2) is 0 Å². The smallest absolute Gasteiger partial charge is 0.177 e. The minimum absolute atomic E-state index is 0.175. The van der Waals surface area contributed by atoms with Gasteiger partial charge in [-0.3, -0.25) is 0 Å². The molecule has 0 spiro atoms. The Morgan fingerprint density at radius 2 is 2.20 bits per heavy atom. The van der Waals surface area contributed by atoms with E-state index in [9.17, 15) is 5.11 Å². The molecule has 0 amide bonds. The summed E-state index contributed by atoms with van der Waals surface area (Å²) >= 11 is 0. The van der Waals surface area contributed by atoms with Crippen molar-refractivity contribution in [1.82, 2.24) is 20.2 Å². The second-order valence-electron chi connectivity index (χ2n) is 3.68. The van der Waals surface area contributed by atoms with Crippen LogP contribution in [0, 0.1) is 0 Å². The molecule has 1 aromatic rings. The van der Waals surface area contributed by atoms with Gasteiger partial charge in [0.2, 0.25) is 0 Å². The van der Waals surface area contributed by atoms with Crippen LogP contribution in [0.25, 0.3) is 0 Å². The molecular formula is C9H18N4O2. The van der Waals surface area contributed by atoms with Crippen LogP contribution in [0.2, 0.25) is 0 Å². The summed E-state index contributed by atoms with van der Waals surface area (Å²) in [6.45, 7) is 1.98. The normalized spacial score (nSPS) is 15.2. The molecule has 0 aliphatic heterocycles. The highest BCUT2D eigenvalue weighted by Gasteiger charge is 2.11. The Bertz CT molecular complexity index is 289. The Morgan fingerprint density at radius 3 is 2.73 bits per heavy atom. The molecule has 6 heteroatoms. The monoisotopic (exact) mass is 214 g/mol. The van der Waals surface area contributed by atoms with Gasteiger partial charge in [-0.05, 0) is 25.0 Å². The summed E-state index contributed by atoms with van der Waals surface area (Å²) in [5.41, 5.74) is 0. The molecular weight excluding hydrogens is 196 g/mol. The van der Waals surface area contributed by atoms with Crippen LogP contribution in [-0.4, -0.2) is 44.6 Å². The molecule has 0 aliphatic rings. The van der Waals surface area contributed by atoms with Crippen LogP contribution in [-0.2, 0) is 18.2 Å². The van der Waals surface area contributed by atoms with Crippen LogP contribution in [0.3, 0.4) is 0 Å². The highest BCUT2D eigenvalue weighted by atomic mass is 16.5. The van der Waals surface area contributed by atoms with Crippen molar-refractivity contribution >= 4 is 0 Å². The third-order valence-corrected chi connectivity index (χ3v) is 2.28. The number of tetrazole rings is 1. The Kier molecular flexibility index (Phi) is 4.64. The maximum atomic E-state index is 9.68. The Morgan fingerprint density at radius 1 is 1.47 bits per heavy atom. The van der Waals surface area contributed by atoms with Gasteiger partial charge in [0.15, 0.2) is 5.82 Å². The van der Waals surface area contributed by atoms with Crippen molar-refractivity contribution in [2.24, 2.45) is 7.05 Å². The van der Waals surface area contributed by atoms with Gasteiger partial charge < -0.3 is 9.84 Å². The number of aliphatic hydroxyl groups excluding tert-OH is 1. The maximum Gasteiger partial charge on any atom is 0.177 e. The molecule has 1 heterocycles. The third kappa shape index (κ3) is 4.35. The lowest BCUT2D eigenvalue weighted by Crippen LogP contribution is -2.15. The van der Waals surface area contributed by atoms with E-state index in [1.54, 1.807) is 14.2 Å². The molecule has 2 atom stereocenters. The van der Waals surface area contributed by atoms with Gasteiger partial charge >= 0.3 is 0 Å². The van der Waals surface area contributed by atoms with Gasteiger partial charge in [0, 0.05) is 13.5 Å². The van der Waals surface area contributed by atoms with Crippen LogP contribution in [0.1, 0.15) is 25.6 Å². The predicted molar refractivity (Wildman–Crippen MR) is 54.2 cm³/mol. The van der Waals surface area contributed by atoms with Crippen molar-refractivity contribution in [3.63, 3.8) is 0 Å². The fraction of sp³-hybridized carbons (Fsp3) is 0.889. The molecule has 0 saturated heterocycles. The van der Waals surface area contributed by atoms with E-state index in [2.05, 4.69) is 15.4 Å². The summed E-state index contributed by atoms with van der Waals surface area (Å²) in [4.78, 5) is 1.39. The van der Waals surface area contributed by atoms with Gasteiger partial charge in [0.05, 0.1) is 19.3 Å². The van der Waals surface area contributed by atoms with E-state index in [1.165, 1.54) is 4.80 Å². The number of hydrogen-bond donors (Lipinski definition) is 1. The predicted octanol–water partition coefficient (Wildman–Crippen LogP) is -0.0714. The van der Waals surface area contributed by atoms with Gasteiger partial charge in [-0.15, -0.1) is 10.2 Å². The van der Waals surface area contributed by atoms with Crippen LogP contribution in [0.5, 0.6) is 0 Å². The largest absolute Gasteiger partial charge is 0.393 e. The number of aliphatic hydroxyl groups is 1.